The molecule has 5 atom stereocenters. The molecule has 2 fully saturated rings. The van der Waals surface area contributed by atoms with Crippen LogP contribution in [0.25, 0.3) is 0 Å². The molecule has 0 bridgehead atoms. The first kappa shape index (κ1) is 35.6. The topological polar surface area (TPSA) is 93.1 Å². The van der Waals surface area contributed by atoms with E-state index in [0.29, 0.717) is 62.3 Å². The largest absolute Gasteiger partial charge is 0.382 e. The summed E-state index contributed by atoms with van der Waals surface area (Å²) in [6.45, 7) is 11.1. The fourth-order valence-electron chi connectivity index (χ4n) is 6.34. The van der Waals surface area contributed by atoms with Gasteiger partial charge < -0.3 is 19.7 Å². The Hall–Kier alpha value is -0.390. The SMILES string of the molecule is CCC1CCCC(CC)CC(O)(C(=O)COCP)C1.CCOCC(=O)C1(O)CC(CC)CCCC(CC)C1. The molecule has 0 aliphatic heterocycles. The van der Waals surface area contributed by atoms with Gasteiger partial charge in [0.05, 0.1) is 6.35 Å². The molecule has 2 saturated carbocycles. The highest BCUT2D eigenvalue weighted by atomic mass is 31.0. The van der Waals surface area contributed by atoms with Crippen molar-refractivity contribution in [2.45, 2.75) is 136 Å². The number of Topliss-reactive ketones (excluding diaryl/α,β-unsaturated/α-hetero) is 2. The van der Waals surface area contributed by atoms with Crippen LogP contribution in [0.3, 0.4) is 0 Å². The van der Waals surface area contributed by atoms with Gasteiger partial charge in [-0.25, -0.2) is 0 Å². The molecule has 38 heavy (non-hydrogen) atoms. The Morgan fingerprint density at radius 2 is 0.974 bits per heavy atom. The summed E-state index contributed by atoms with van der Waals surface area (Å²) in [6.07, 6.45) is 14.0. The number of ketones is 2. The minimum absolute atomic E-state index is 0.0346. The number of carbonyl (C=O) groups excluding carboxylic acids is 2. The molecule has 7 heteroatoms. The number of hydrogen-bond donors (Lipinski definition) is 2. The molecule has 0 heterocycles. The fraction of sp³-hybridized carbons (Fsp3) is 0.935. The van der Waals surface area contributed by atoms with Crippen molar-refractivity contribution in [1.29, 1.82) is 0 Å². The van der Waals surface area contributed by atoms with Crippen molar-refractivity contribution in [2.24, 2.45) is 23.7 Å². The van der Waals surface area contributed by atoms with Crippen LogP contribution >= 0.6 is 9.24 Å². The van der Waals surface area contributed by atoms with Crippen molar-refractivity contribution in [1.82, 2.24) is 0 Å². The zero-order valence-electron chi connectivity index (χ0n) is 25.1. The van der Waals surface area contributed by atoms with Crippen LogP contribution in [0.5, 0.6) is 0 Å². The van der Waals surface area contributed by atoms with Crippen LogP contribution in [0, 0.1) is 23.7 Å². The zero-order chi connectivity index (χ0) is 28.6. The van der Waals surface area contributed by atoms with Crippen LogP contribution in [0.2, 0.25) is 0 Å². The summed E-state index contributed by atoms with van der Waals surface area (Å²) in [7, 11) is 2.44. The third-order valence-corrected chi connectivity index (χ3v) is 9.33. The van der Waals surface area contributed by atoms with E-state index >= 15 is 0 Å². The van der Waals surface area contributed by atoms with E-state index in [1.165, 1.54) is 12.8 Å². The molecule has 224 valence electrons. The van der Waals surface area contributed by atoms with Crippen molar-refractivity contribution in [3.63, 3.8) is 0 Å². The Labute approximate surface area is 235 Å². The van der Waals surface area contributed by atoms with E-state index in [1.54, 1.807) is 0 Å². The molecular weight excluding hydrogens is 499 g/mol. The summed E-state index contributed by atoms with van der Waals surface area (Å²) < 4.78 is 10.4. The summed E-state index contributed by atoms with van der Waals surface area (Å²) in [6, 6.07) is 0. The van der Waals surface area contributed by atoms with Gasteiger partial charge in [0.15, 0.2) is 11.6 Å². The second kappa shape index (κ2) is 18.9. The van der Waals surface area contributed by atoms with Gasteiger partial charge in [-0.1, -0.05) is 91.9 Å². The quantitative estimate of drug-likeness (QED) is 0.266. The number of hydrogen-bond acceptors (Lipinski definition) is 6. The van der Waals surface area contributed by atoms with Gasteiger partial charge in [0, 0.05) is 6.61 Å². The van der Waals surface area contributed by atoms with Crippen LogP contribution in [-0.2, 0) is 19.1 Å². The molecule has 0 aromatic carbocycles. The summed E-state index contributed by atoms with van der Waals surface area (Å²) in [5.41, 5.74) is -2.32. The van der Waals surface area contributed by atoms with Gasteiger partial charge in [-0.2, -0.15) is 0 Å². The van der Waals surface area contributed by atoms with Gasteiger partial charge in [0.2, 0.25) is 0 Å². The summed E-state index contributed by atoms with van der Waals surface area (Å²) in [5, 5.41) is 21.7. The smallest absolute Gasteiger partial charge is 0.189 e. The molecule has 0 amide bonds. The average Bonchev–Trinajstić information content (AvgIpc) is 2.89. The lowest BCUT2D eigenvalue weighted by Crippen LogP contribution is -2.45. The van der Waals surface area contributed by atoms with Crippen molar-refractivity contribution < 1.29 is 29.3 Å². The van der Waals surface area contributed by atoms with Gasteiger partial charge >= 0.3 is 0 Å². The molecule has 2 aliphatic rings. The summed E-state index contributed by atoms with van der Waals surface area (Å²) in [4.78, 5) is 24.6. The molecule has 0 radical (unpaired) electrons. The van der Waals surface area contributed by atoms with Crippen LogP contribution in [0.15, 0.2) is 0 Å². The highest BCUT2D eigenvalue weighted by molar-refractivity contribution is 7.16. The van der Waals surface area contributed by atoms with Crippen LogP contribution in [-0.4, -0.2) is 59.2 Å². The molecule has 0 saturated heterocycles. The maximum Gasteiger partial charge on any atom is 0.189 e. The van der Waals surface area contributed by atoms with Crippen molar-refractivity contribution in [3.8, 4) is 0 Å². The van der Waals surface area contributed by atoms with E-state index < -0.39 is 11.2 Å². The first-order valence-corrected chi connectivity index (χ1v) is 16.3. The Morgan fingerprint density at radius 3 is 1.24 bits per heavy atom. The Balaban J connectivity index is 0.000000380. The average molecular weight is 559 g/mol. The monoisotopic (exact) mass is 558 g/mol. The highest BCUT2D eigenvalue weighted by Crippen LogP contribution is 2.37. The van der Waals surface area contributed by atoms with Gasteiger partial charge in [-0.05, 0) is 56.3 Å². The standard InChI is InChI=1S/C16H30O3.C15H29O3P/c1-4-13-8-7-9-14(5-2)11-16(18,10-13)15(17)12-19-6-3;1-3-12-6-5-7-13(4-2)9-15(17,8-12)14(16)10-18-11-19/h13-14,18H,4-12H2,1-3H3;12-13,17H,3-11,19H2,1-2H3. The van der Waals surface area contributed by atoms with Crippen LogP contribution < -0.4 is 0 Å². The Kier molecular flexibility index (Phi) is 17.7. The first-order valence-electron chi connectivity index (χ1n) is 15.5. The lowest BCUT2D eigenvalue weighted by atomic mass is 9.73. The lowest BCUT2D eigenvalue weighted by Gasteiger charge is -2.36. The Morgan fingerprint density at radius 1 is 0.658 bits per heavy atom. The summed E-state index contributed by atoms with van der Waals surface area (Å²) >= 11 is 0. The summed E-state index contributed by atoms with van der Waals surface area (Å²) in [5.74, 6) is 1.61. The van der Waals surface area contributed by atoms with E-state index in [4.69, 9.17) is 9.47 Å². The second-order valence-corrected chi connectivity index (χ2v) is 12.2. The predicted octanol–water partition coefficient (Wildman–Crippen LogP) is 6.49. The molecule has 2 N–H and O–H groups in total. The van der Waals surface area contributed by atoms with Crippen LogP contribution in [0.4, 0.5) is 0 Å². The lowest BCUT2D eigenvalue weighted by molar-refractivity contribution is -0.147. The number of rotatable bonds is 12. The number of carbonyl (C=O) groups is 2. The maximum atomic E-state index is 12.3. The van der Waals surface area contributed by atoms with Crippen molar-refractivity contribution in [2.75, 3.05) is 26.2 Å². The van der Waals surface area contributed by atoms with E-state index in [0.717, 1.165) is 51.4 Å². The third kappa shape index (κ3) is 12.0. The zero-order valence-corrected chi connectivity index (χ0v) is 26.3. The molecule has 2 rings (SSSR count). The van der Waals surface area contributed by atoms with Crippen LogP contribution in [0.1, 0.15) is 125 Å². The van der Waals surface area contributed by atoms with Crippen molar-refractivity contribution in [3.05, 3.63) is 0 Å². The van der Waals surface area contributed by atoms with E-state index in [1.807, 2.05) is 6.92 Å². The molecule has 5 unspecified atom stereocenters. The van der Waals surface area contributed by atoms with Crippen molar-refractivity contribution >= 4 is 20.8 Å². The minimum atomic E-state index is -1.17. The van der Waals surface area contributed by atoms with Gasteiger partial charge in [-0.15, -0.1) is 9.24 Å². The molecule has 2 aliphatic carbocycles. The minimum Gasteiger partial charge on any atom is -0.382 e. The molecule has 0 aromatic rings. The molecule has 6 nitrogen and oxygen atoms in total. The van der Waals surface area contributed by atoms with E-state index in [9.17, 15) is 19.8 Å². The predicted molar refractivity (Wildman–Crippen MR) is 158 cm³/mol. The maximum absolute atomic E-state index is 12.3. The van der Waals surface area contributed by atoms with Gasteiger partial charge in [0.25, 0.3) is 0 Å². The van der Waals surface area contributed by atoms with E-state index in [2.05, 4.69) is 36.9 Å². The van der Waals surface area contributed by atoms with E-state index in [-0.39, 0.29) is 24.8 Å². The molecule has 0 aromatic heterocycles. The van der Waals surface area contributed by atoms with Gasteiger partial charge in [-0.3, -0.25) is 9.59 Å². The van der Waals surface area contributed by atoms with Gasteiger partial charge in [0.1, 0.15) is 24.4 Å². The Bertz CT molecular complexity index is 585. The number of ether oxygens (including phenoxy) is 2. The third-order valence-electron chi connectivity index (χ3n) is 9.09. The second-order valence-electron chi connectivity index (χ2n) is 11.8. The molecule has 0 spiro atoms. The fourth-order valence-corrected chi connectivity index (χ4v) is 6.46. The molecular formula is C31H59O6P. The number of aliphatic hydroxyl groups is 2. The normalized spacial score (nSPS) is 32.6. The first-order chi connectivity index (χ1) is 18.1. The highest BCUT2D eigenvalue weighted by Gasteiger charge is 2.41.